The Balaban J connectivity index is 0.000000141. The fourth-order valence-corrected chi connectivity index (χ4v) is 3.22. The van der Waals surface area contributed by atoms with Gasteiger partial charge in [-0.2, -0.15) is 0 Å². The van der Waals surface area contributed by atoms with Gasteiger partial charge in [-0.25, -0.2) is 0 Å². The molecule has 0 fully saturated rings. The molecule has 128 valence electrons. The quantitative estimate of drug-likeness (QED) is 0.731. The largest absolute Gasteiger partial charge is 0.493 e. The van der Waals surface area contributed by atoms with E-state index in [4.69, 9.17) is 44.1 Å². The van der Waals surface area contributed by atoms with Crippen molar-refractivity contribution in [3.05, 3.63) is 57.6 Å². The van der Waals surface area contributed by atoms with E-state index in [-0.39, 0.29) is 12.1 Å². The summed E-state index contributed by atoms with van der Waals surface area (Å²) in [6.45, 7) is 1.37. The Labute approximate surface area is 151 Å². The zero-order chi connectivity index (χ0) is 17.1. The van der Waals surface area contributed by atoms with Gasteiger partial charge < -0.3 is 20.9 Å². The monoisotopic (exact) mass is 366 g/mol. The van der Waals surface area contributed by atoms with Crippen LogP contribution in [0.4, 0.5) is 0 Å². The van der Waals surface area contributed by atoms with Crippen molar-refractivity contribution < 1.29 is 9.47 Å². The fraction of sp³-hybridized carbons (Fsp3) is 0.333. The Morgan fingerprint density at radius 1 is 0.875 bits per heavy atom. The molecule has 2 aromatic rings. The van der Waals surface area contributed by atoms with Gasteiger partial charge in [-0.05, 0) is 24.3 Å². The van der Waals surface area contributed by atoms with E-state index >= 15 is 0 Å². The van der Waals surface area contributed by atoms with E-state index in [1.165, 1.54) is 0 Å². The molecular formula is C18H20Cl2N2O2. The number of halogens is 2. The number of hydrogen-bond donors (Lipinski definition) is 2. The minimum absolute atomic E-state index is 0.0763. The van der Waals surface area contributed by atoms with Crippen LogP contribution in [0.1, 0.15) is 36.1 Å². The first-order chi connectivity index (χ1) is 11.6. The van der Waals surface area contributed by atoms with Gasteiger partial charge >= 0.3 is 0 Å². The van der Waals surface area contributed by atoms with Crippen molar-refractivity contribution in [3.63, 3.8) is 0 Å². The van der Waals surface area contributed by atoms with Crippen molar-refractivity contribution >= 4 is 23.2 Å². The van der Waals surface area contributed by atoms with Gasteiger partial charge in [0, 0.05) is 41.1 Å². The molecule has 2 heterocycles. The molecule has 0 aromatic heterocycles. The molecule has 0 saturated heterocycles. The van der Waals surface area contributed by atoms with Crippen molar-refractivity contribution in [3.8, 4) is 11.5 Å². The highest BCUT2D eigenvalue weighted by molar-refractivity contribution is 6.32. The topological polar surface area (TPSA) is 70.5 Å². The van der Waals surface area contributed by atoms with Crippen LogP contribution in [-0.4, -0.2) is 13.2 Å². The van der Waals surface area contributed by atoms with Gasteiger partial charge in [0.2, 0.25) is 0 Å². The van der Waals surface area contributed by atoms with Crippen LogP contribution in [0.25, 0.3) is 0 Å². The highest BCUT2D eigenvalue weighted by atomic mass is 35.5. The summed E-state index contributed by atoms with van der Waals surface area (Å²) < 4.78 is 10.8. The van der Waals surface area contributed by atoms with Crippen LogP contribution in [0.15, 0.2) is 36.4 Å². The van der Waals surface area contributed by atoms with Crippen LogP contribution >= 0.6 is 23.2 Å². The molecule has 0 spiro atoms. The number of nitrogens with two attached hydrogens (primary N) is 2. The molecule has 2 unspecified atom stereocenters. The van der Waals surface area contributed by atoms with Gasteiger partial charge in [-0.15, -0.1) is 0 Å². The highest BCUT2D eigenvalue weighted by Gasteiger charge is 2.19. The lowest BCUT2D eigenvalue weighted by Gasteiger charge is -2.23. The average molecular weight is 367 g/mol. The molecule has 4 rings (SSSR count). The maximum absolute atomic E-state index is 5.93. The Kier molecular flexibility index (Phi) is 5.51. The summed E-state index contributed by atoms with van der Waals surface area (Å²) in [5, 5.41) is 1.37. The van der Waals surface area contributed by atoms with Crippen LogP contribution in [0, 0.1) is 0 Å². The third-order valence-electron chi connectivity index (χ3n) is 4.13. The number of benzene rings is 2. The Morgan fingerprint density at radius 2 is 1.58 bits per heavy atom. The molecule has 0 saturated carbocycles. The summed E-state index contributed by atoms with van der Waals surface area (Å²) in [6.07, 6.45) is 1.74. The average Bonchev–Trinajstić information content (AvgIpc) is 2.58. The lowest BCUT2D eigenvalue weighted by Crippen LogP contribution is -2.20. The summed E-state index contributed by atoms with van der Waals surface area (Å²) in [5.74, 6) is 1.64. The fourth-order valence-electron chi connectivity index (χ4n) is 2.81. The number of hydrogen-bond acceptors (Lipinski definition) is 4. The van der Waals surface area contributed by atoms with E-state index in [2.05, 4.69) is 0 Å². The first-order valence-corrected chi connectivity index (χ1v) is 8.66. The predicted octanol–water partition coefficient (Wildman–Crippen LogP) is 4.24. The van der Waals surface area contributed by atoms with Crippen molar-refractivity contribution in [2.45, 2.75) is 24.9 Å². The van der Waals surface area contributed by atoms with E-state index in [0.717, 1.165) is 40.5 Å². The molecule has 2 atom stereocenters. The molecule has 0 bridgehead atoms. The van der Waals surface area contributed by atoms with E-state index in [1.807, 2.05) is 36.4 Å². The van der Waals surface area contributed by atoms with Gasteiger partial charge in [-0.3, -0.25) is 0 Å². The molecular weight excluding hydrogens is 347 g/mol. The molecule has 2 aromatic carbocycles. The zero-order valence-corrected chi connectivity index (χ0v) is 14.7. The third kappa shape index (κ3) is 3.78. The van der Waals surface area contributed by atoms with Crippen LogP contribution in [0.2, 0.25) is 10.0 Å². The molecule has 2 aliphatic heterocycles. The second kappa shape index (κ2) is 7.62. The Bertz CT molecular complexity index is 718. The number of fused-ring (bicyclic) bond motifs is 2. The van der Waals surface area contributed by atoms with Gasteiger partial charge in [0.05, 0.1) is 18.2 Å². The smallest absolute Gasteiger partial charge is 0.142 e. The number of rotatable bonds is 0. The minimum Gasteiger partial charge on any atom is -0.493 e. The highest BCUT2D eigenvalue weighted by Crippen LogP contribution is 2.36. The standard InChI is InChI=1S/2C9H10ClNO/c10-6-1-2-9-7(5-6)8(11)3-4-12-9;10-7-3-1-2-6-8(11)4-5-12-9(6)7/h1-2,5,8H,3-4,11H2;1-3,8H,4-5,11H2. The number of para-hydroxylation sites is 1. The Morgan fingerprint density at radius 3 is 2.33 bits per heavy atom. The predicted molar refractivity (Wildman–Crippen MR) is 97.0 cm³/mol. The first kappa shape index (κ1) is 17.4. The summed E-state index contributed by atoms with van der Waals surface area (Å²) in [4.78, 5) is 0. The van der Waals surface area contributed by atoms with Crippen LogP contribution in [0.3, 0.4) is 0 Å². The van der Waals surface area contributed by atoms with Crippen molar-refractivity contribution in [1.82, 2.24) is 0 Å². The van der Waals surface area contributed by atoms with Crippen molar-refractivity contribution in [2.75, 3.05) is 13.2 Å². The summed E-state index contributed by atoms with van der Waals surface area (Å²) in [6, 6.07) is 11.4. The molecule has 0 aliphatic carbocycles. The Hall–Kier alpha value is -1.46. The molecule has 0 radical (unpaired) electrons. The van der Waals surface area contributed by atoms with E-state index in [0.29, 0.717) is 18.2 Å². The summed E-state index contributed by atoms with van der Waals surface area (Å²) in [7, 11) is 0. The summed E-state index contributed by atoms with van der Waals surface area (Å²) >= 11 is 11.8. The maximum atomic E-state index is 5.93. The molecule has 4 nitrogen and oxygen atoms in total. The van der Waals surface area contributed by atoms with Crippen LogP contribution in [-0.2, 0) is 0 Å². The van der Waals surface area contributed by atoms with Crippen molar-refractivity contribution in [2.24, 2.45) is 11.5 Å². The summed E-state index contributed by atoms with van der Waals surface area (Å²) in [5.41, 5.74) is 13.8. The van der Waals surface area contributed by atoms with E-state index < -0.39 is 0 Å². The van der Waals surface area contributed by atoms with E-state index in [9.17, 15) is 0 Å². The van der Waals surface area contributed by atoms with Gasteiger partial charge in [-0.1, -0.05) is 35.3 Å². The van der Waals surface area contributed by atoms with Crippen LogP contribution in [0.5, 0.6) is 11.5 Å². The lowest BCUT2D eigenvalue weighted by molar-refractivity contribution is 0.269. The van der Waals surface area contributed by atoms with E-state index in [1.54, 1.807) is 0 Å². The zero-order valence-electron chi connectivity index (χ0n) is 13.2. The second-order valence-corrected chi connectivity index (χ2v) is 6.67. The SMILES string of the molecule is NC1CCOc2c(Cl)cccc21.NC1CCOc2ccc(Cl)cc21. The van der Waals surface area contributed by atoms with Gasteiger partial charge in [0.15, 0.2) is 0 Å². The molecule has 6 heteroatoms. The van der Waals surface area contributed by atoms with Gasteiger partial charge in [0.1, 0.15) is 11.5 Å². The van der Waals surface area contributed by atoms with Gasteiger partial charge in [0.25, 0.3) is 0 Å². The second-order valence-electron chi connectivity index (χ2n) is 5.83. The molecule has 24 heavy (non-hydrogen) atoms. The third-order valence-corrected chi connectivity index (χ3v) is 4.66. The molecule has 0 amide bonds. The first-order valence-electron chi connectivity index (χ1n) is 7.91. The maximum Gasteiger partial charge on any atom is 0.142 e. The number of ether oxygens (including phenoxy) is 2. The molecule has 2 aliphatic rings. The van der Waals surface area contributed by atoms with Crippen LogP contribution < -0.4 is 20.9 Å². The molecule has 4 N–H and O–H groups in total. The normalized spacial score (nSPS) is 21.3. The lowest BCUT2D eigenvalue weighted by atomic mass is 10.0. The van der Waals surface area contributed by atoms with Crippen molar-refractivity contribution in [1.29, 1.82) is 0 Å². The minimum atomic E-state index is 0.0763.